The van der Waals surface area contributed by atoms with Gasteiger partial charge >= 0.3 is 0 Å². The van der Waals surface area contributed by atoms with Gasteiger partial charge in [-0.25, -0.2) is 4.39 Å². The lowest BCUT2D eigenvalue weighted by atomic mass is 10.0. The van der Waals surface area contributed by atoms with E-state index in [4.69, 9.17) is 5.11 Å². The highest BCUT2D eigenvalue weighted by Gasteiger charge is 2.16. The fourth-order valence-corrected chi connectivity index (χ4v) is 1.53. The second kappa shape index (κ2) is 4.72. The molecule has 0 aliphatic heterocycles. The van der Waals surface area contributed by atoms with Crippen LogP contribution >= 0.6 is 15.9 Å². The first-order valence-electron chi connectivity index (χ1n) is 3.90. The predicted molar refractivity (Wildman–Crippen MR) is 50.5 cm³/mol. The molecule has 1 atom stereocenters. The van der Waals surface area contributed by atoms with Crippen molar-refractivity contribution in [3.63, 3.8) is 0 Å². The predicted octanol–water partition coefficient (Wildman–Crippen LogP) is 1.83. The molecule has 12 heavy (non-hydrogen) atoms. The van der Waals surface area contributed by atoms with Crippen LogP contribution in [0.25, 0.3) is 0 Å². The topological polar surface area (TPSA) is 32.6 Å². The molecule has 0 spiro atoms. The van der Waals surface area contributed by atoms with E-state index in [1.165, 1.54) is 6.08 Å². The van der Waals surface area contributed by atoms with Gasteiger partial charge < -0.3 is 5.11 Å². The van der Waals surface area contributed by atoms with Crippen molar-refractivity contribution in [2.75, 3.05) is 13.2 Å². The van der Waals surface area contributed by atoms with Crippen molar-refractivity contribution in [3.8, 4) is 0 Å². The molecular formula is C8H11BrFNO. The number of alkyl halides is 1. The van der Waals surface area contributed by atoms with E-state index in [0.717, 1.165) is 6.42 Å². The van der Waals surface area contributed by atoms with Crippen molar-refractivity contribution < 1.29 is 9.50 Å². The Kier molecular flexibility index (Phi) is 3.88. The lowest BCUT2D eigenvalue weighted by Gasteiger charge is -2.13. The summed E-state index contributed by atoms with van der Waals surface area (Å²) in [6, 6.07) is 0. The zero-order valence-electron chi connectivity index (χ0n) is 6.63. The molecule has 0 amide bonds. The van der Waals surface area contributed by atoms with E-state index in [9.17, 15) is 4.39 Å². The summed E-state index contributed by atoms with van der Waals surface area (Å²) in [6.07, 6.45) is 3.04. The van der Waals surface area contributed by atoms with Gasteiger partial charge in [0, 0.05) is 4.83 Å². The maximum atomic E-state index is 13.0. The van der Waals surface area contributed by atoms with Crippen molar-refractivity contribution in [1.82, 2.24) is 0 Å². The van der Waals surface area contributed by atoms with Crippen molar-refractivity contribution >= 4 is 21.6 Å². The summed E-state index contributed by atoms with van der Waals surface area (Å²) in [6.45, 7) is 0.276. The molecule has 1 rings (SSSR count). The van der Waals surface area contributed by atoms with Crippen molar-refractivity contribution in [2.45, 2.75) is 17.7 Å². The van der Waals surface area contributed by atoms with Crippen LogP contribution in [0.3, 0.4) is 0 Å². The van der Waals surface area contributed by atoms with Crippen LogP contribution in [0.2, 0.25) is 0 Å². The average Bonchev–Trinajstić information content (AvgIpc) is 2.03. The minimum Gasteiger partial charge on any atom is -0.394 e. The summed E-state index contributed by atoms with van der Waals surface area (Å²) >= 11 is 3.30. The maximum absolute atomic E-state index is 13.0. The fraction of sp³-hybridized carbons (Fsp3) is 0.625. The first-order chi connectivity index (χ1) is 5.74. The molecule has 1 N–H and O–H groups in total. The SMILES string of the molecule is OCCN=C1CCC(Br)C=C1F. The lowest BCUT2D eigenvalue weighted by molar-refractivity contribution is 0.306. The van der Waals surface area contributed by atoms with Crippen LogP contribution in [0.5, 0.6) is 0 Å². The Bertz CT molecular complexity index is 215. The van der Waals surface area contributed by atoms with E-state index >= 15 is 0 Å². The molecule has 0 bridgehead atoms. The van der Waals surface area contributed by atoms with Crippen LogP contribution in [0.1, 0.15) is 12.8 Å². The highest BCUT2D eigenvalue weighted by Crippen LogP contribution is 2.22. The van der Waals surface area contributed by atoms with E-state index in [1.807, 2.05) is 0 Å². The van der Waals surface area contributed by atoms with E-state index < -0.39 is 0 Å². The third-order valence-electron chi connectivity index (χ3n) is 1.66. The Morgan fingerprint density at radius 1 is 1.75 bits per heavy atom. The molecule has 4 heteroatoms. The zero-order valence-corrected chi connectivity index (χ0v) is 8.22. The van der Waals surface area contributed by atoms with Crippen LogP contribution < -0.4 is 0 Å². The van der Waals surface area contributed by atoms with Crippen molar-refractivity contribution in [2.24, 2.45) is 4.99 Å². The normalized spacial score (nSPS) is 27.4. The number of allylic oxidation sites excluding steroid dienone is 2. The third-order valence-corrected chi connectivity index (χ3v) is 2.38. The van der Waals surface area contributed by atoms with E-state index in [0.29, 0.717) is 18.7 Å². The Balaban J connectivity index is 2.62. The standard InChI is InChI=1S/C8H11BrFNO/c9-6-1-2-8(7(10)5-6)11-3-4-12/h5-6,12H,1-4H2. The van der Waals surface area contributed by atoms with Gasteiger partial charge in [0.05, 0.1) is 18.9 Å². The van der Waals surface area contributed by atoms with Gasteiger partial charge in [-0.05, 0) is 18.9 Å². The van der Waals surface area contributed by atoms with E-state index in [1.54, 1.807) is 0 Å². The summed E-state index contributed by atoms with van der Waals surface area (Å²) in [5.41, 5.74) is 0.486. The Labute approximate surface area is 79.3 Å². The summed E-state index contributed by atoms with van der Waals surface area (Å²) in [4.78, 5) is 4.05. The molecule has 0 aromatic carbocycles. The first kappa shape index (κ1) is 9.86. The monoisotopic (exact) mass is 235 g/mol. The maximum Gasteiger partial charge on any atom is 0.141 e. The quantitative estimate of drug-likeness (QED) is 0.729. The molecule has 68 valence electrons. The number of halogens is 2. The Morgan fingerprint density at radius 3 is 3.08 bits per heavy atom. The molecule has 2 nitrogen and oxygen atoms in total. The smallest absolute Gasteiger partial charge is 0.141 e. The Morgan fingerprint density at radius 2 is 2.50 bits per heavy atom. The molecule has 0 heterocycles. The molecule has 0 saturated carbocycles. The summed E-state index contributed by atoms with van der Waals surface area (Å²) in [7, 11) is 0. The summed E-state index contributed by atoms with van der Waals surface area (Å²) in [5.74, 6) is -0.253. The molecule has 1 aliphatic rings. The van der Waals surface area contributed by atoms with Gasteiger partial charge in [-0.3, -0.25) is 4.99 Å². The Hall–Kier alpha value is -0.220. The van der Waals surface area contributed by atoms with Gasteiger partial charge in [0.2, 0.25) is 0 Å². The van der Waals surface area contributed by atoms with Crippen molar-refractivity contribution in [1.29, 1.82) is 0 Å². The van der Waals surface area contributed by atoms with Gasteiger partial charge in [-0.1, -0.05) is 15.9 Å². The second-order valence-corrected chi connectivity index (χ2v) is 3.80. The zero-order chi connectivity index (χ0) is 8.97. The second-order valence-electron chi connectivity index (χ2n) is 2.62. The fourth-order valence-electron chi connectivity index (χ4n) is 1.07. The molecule has 1 unspecified atom stereocenters. The molecule has 0 aromatic heterocycles. The number of hydrogen-bond acceptors (Lipinski definition) is 2. The highest BCUT2D eigenvalue weighted by molar-refractivity contribution is 9.09. The van der Waals surface area contributed by atoms with E-state index in [-0.39, 0.29) is 17.3 Å². The first-order valence-corrected chi connectivity index (χ1v) is 4.81. The van der Waals surface area contributed by atoms with Gasteiger partial charge in [0.1, 0.15) is 5.83 Å². The number of rotatable bonds is 2. The molecule has 0 radical (unpaired) electrons. The van der Waals surface area contributed by atoms with Crippen LogP contribution in [0.4, 0.5) is 4.39 Å². The average molecular weight is 236 g/mol. The minimum absolute atomic E-state index is 0.0193. The number of nitrogens with zero attached hydrogens (tertiary/aromatic N) is 1. The molecule has 0 fully saturated rings. The van der Waals surface area contributed by atoms with Gasteiger partial charge in [-0.2, -0.15) is 0 Å². The van der Waals surface area contributed by atoms with Gasteiger partial charge in [-0.15, -0.1) is 0 Å². The molecule has 0 saturated heterocycles. The molecule has 1 aliphatic carbocycles. The van der Waals surface area contributed by atoms with Gasteiger partial charge in [0.25, 0.3) is 0 Å². The van der Waals surface area contributed by atoms with Crippen molar-refractivity contribution in [3.05, 3.63) is 11.9 Å². The largest absolute Gasteiger partial charge is 0.394 e. The van der Waals surface area contributed by atoms with Crippen LogP contribution in [-0.2, 0) is 0 Å². The summed E-state index contributed by atoms with van der Waals surface area (Å²) < 4.78 is 13.0. The summed E-state index contributed by atoms with van der Waals surface area (Å²) in [5, 5.41) is 8.48. The van der Waals surface area contributed by atoms with Crippen LogP contribution in [-0.4, -0.2) is 28.8 Å². The third kappa shape index (κ3) is 2.68. The highest BCUT2D eigenvalue weighted by atomic mass is 79.9. The number of hydrogen-bond donors (Lipinski definition) is 1. The van der Waals surface area contributed by atoms with Gasteiger partial charge in [0.15, 0.2) is 0 Å². The van der Waals surface area contributed by atoms with Crippen LogP contribution in [0.15, 0.2) is 16.9 Å². The lowest BCUT2D eigenvalue weighted by Crippen LogP contribution is -2.12. The molecular weight excluding hydrogens is 225 g/mol. The molecule has 0 aromatic rings. The number of aliphatic hydroxyl groups is 1. The van der Waals surface area contributed by atoms with Crippen LogP contribution in [0, 0.1) is 0 Å². The minimum atomic E-state index is -0.253. The number of aliphatic hydroxyl groups excluding tert-OH is 1. The van der Waals surface area contributed by atoms with E-state index in [2.05, 4.69) is 20.9 Å². The number of aliphatic imine (C=N–C) groups is 1.